The van der Waals surface area contributed by atoms with Gasteiger partial charge in [-0.1, -0.05) is 36.1 Å². The van der Waals surface area contributed by atoms with Crippen LogP contribution in [0.2, 0.25) is 0 Å². The van der Waals surface area contributed by atoms with Crippen molar-refractivity contribution >= 4 is 5.57 Å². The zero-order valence-corrected chi connectivity index (χ0v) is 8.51. The lowest BCUT2D eigenvalue weighted by Crippen LogP contribution is -1.95. The fourth-order valence-electron chi connectivity index (χ4n) is 1.07. The van der Waals surface area contributed by atoms with E-state index in [1.165, 1.54) is 0 Å². The Kier molecular flexibility index (Phi) is 3.97. The van der Waals surface area contributed by atoms with Crippen LogP contribution in [0.4, 0.5) is 0 Å². The molecule has 1 aromatic carbocycles. The van der Waals surface area contributed by atoms with Crippen LogP contribution in [-0.2, 0) is 0 Å². The summed E-state index contributed by atoms with van der Waals surface area (Å²) in [5, 5.41) is 0. The van der Waals surface area contributed by atoms with E-state index in [1.54, 1.807) is 0 Å². The van der Waals surface area contributed by atoms with Crippen molar-refractivity contribution in [2.75, 3.05) is 6.54 Å². The number of benzene rings is 1. The van der Waals surface area contributed by atoms with Gasteiger partial charge in [-0.2, -0.15) is 0 Å². The molecule has 0 radical (unpaired) electrons. The van der Waals surface area contributed by atoms with Crippen LogP contribution in [-0.4, -0.2) is 6.54 Å². The van der Waals surface area contributed by atoms with Gasteiger partial charge in [0.25, 0.3) is 0 Å². The highest BCUT2D eigenvalue weighted by Crippen LogP contribution is 2.11. The number of nitrogens with two attached hydrogens (primary N) is 1. The van der Waals surface area contributed by atoms with E-state index in [1.807, 2.05) is 31.2 Å². The topological polar surface area (TPSA) is 26.0 Å². The summed E-state index contributed by atoms with van der Waals surface area (Å²) < 4.78 is 0. The first-order valence-electron chi connectivity index (χ1n) is 4.69. The molecule has 2 N–H and O–H groups in total. The maximum absolute atomic E-state index is 5.34. The molecule has 1 rings (SSSR count). The molecular weight excluding hydrogens is 170 g/mol. The van der Waals surface area contributed by atoms with Gasteiger partial charge in [0.2, 0.25) is 0 Å². The summed E-state index contributed by atoms with van der Waals surface area (Å²) in [5.74, 6) is 6.05. The lowest BCUT2D eigenvalue weighted by atomic mass is 10.1. The largest absolute Gasteiger partial charge is 0.330 e. The molecule has 1 heteroatoms. The van der Waals surface area contributed by atoms with Crippen LogP contribution in [0.15, 0.2) is 30.8 Å². The van der Waals surface area contributed by atoms with Crippen LogP contribution >= 0.6 is 0 Å². The van der Waals surface area contributed by atoms with E-state index in [0.29, 0.717) is 6.54 Å². The first-order valence-corrected chi connectivity index (χ1v) is 4.69. The van der Waals surface area contributed by atoms with Gasteiger partial charge in [0.15, 0.2) is 0 Å². The van der Waals surface area contributed by atoms with Gasteiger partial charge >= 0.3 is 0 Å². The molecule has 0 aromatic heterocycles. The number of allylic oxidation sites excluding steroid dienone is 1. The number of hydrogen-bond acceptors (Lipinski definition) is 1. The first kappa shape index (κ1) is 10.6. The number of rotatable bonds is 2. The zero-order valence-electron chi connectivity index (χ0n) is 8.51. The molecule has 0 aliphatic rings. The molecule has 0 heterocycles. The van der Waals surface area contributed by atoms with Gasteiger partial charge in [0.05, 0.1) is 0 Å². The van der Waals surface area contributed by atoms with Gasteiger partial charge in [-0.3, -0.25) is 0 Å². The van der Waals surface area contributed by atoms with Crippen LogP contribution in [0.25, 0.3) is 5.57 Å². The van der Waals surface area contributed by atoms with Crippen molar-refractivity contribution in [2.45, 2.75) is 13.3 Å². The van der Waals surface area contributed by atoms with Gasteiger partial charge in [-0.25, -0.2) is 0 Å². The Morgan fingerprint density at radius 3 is 2.50 bits per heavy atom. The Labute approximate surface area is 85.6 Å². The second-order valence-corrected chi connectivity index (χ2v) is 3.20. The summed E-state index contributed by atoms with van der Waals surface area (Å²) in [5.41, 5.74) is 8.61. The molecule has 0 bridgehead atoms. The maximum atomic E-state index is 5.34. The molecule has 14 heavy (non-hydrogen) atoms. The first-order chi connectivity index (χ1) is 6.74. The van der Waals surface area contributed by atoms with E-state index >= 15 is 0 Å². The van der Waals surface area contributed by atoms with Crippen molar-refractivity contribution in [1.29, 1.82) is 0 Å². The van der Waals surface area contributed by atoms with Gasteiger partial charge in [-0.15, -0.1) is 0 Å². The second kappa shape index (κ2) is 5.26. The van der Waals surface area contributed by atoms with Crippen molar-refractivity contribution < 1.29 is 0 Å². The van der Waals surface area contributed by atoms with Gasteiger partial charge in [0, 0.05) is 18.5 Å². The summed E-state index contributed by atoms with van der Waals surface area (Å²) >= 11 is 0. The van der Waals surface area contributed by atoms with Crippen LogP contribution in [0.5, 0.6) is 0 Å². The van der Waals surface area contributed by atoms with E-state index in [4.69, 9.17) is 5.73 Å². The molecule has 72 valence electrons. The van der Waals surface area contributed by atoms with Crippen LogP contribution < -0.4 is 5.73 Å². The normalized spacial score (nSPS) is 9.00. The quantitative estimate of drug-likeness (QED) is 0.703. The summed E-state index contributed by atoms with van der Waals surface area (Å²) in [7, 11) is 0. The Hall–Kier alpha value is -1.52. The molecule has 0 amide bonds. The molecule has 0 aliphatic carbocycles. The minimum atomic E-state index is 0.622. The van der Waals surface area contributed by atoms with E-state index < -0.39 is 0 Å². The molecule has 1 aromatic rings. The van der Waals surface area contributed by atoms with Gasteiger partial charge in [-0.05, 0) is 24.6 Å². The Morgan fingerprint density at radius 2 is 2.00 bits per heavy atom. The third-order valence-corrected chi connectivity index (χ3v) is 1.88. The third-order valence-electron chi connectivity index (χ3n) is 1.88. The maximum Gasteiger partial charge on any atom is 0.0245 e. The van der Waals surface area contributed by atoms with E-state index in [-0.39, 0.29) is 0 Å². The standard InChI is InChI=1S/C13H15N/c1-11(2)13-8-6-12(7-9-13)5-3-4-10-14/h6-9H,1,4,10,14H2,2H3. The van der Waals surface area contributed by atoms with Crippen molar-refractivity contribution in [2.24, 2.45) is 5.73 Å². The second-order valence-electron chi connectivity index (χ2n) is 3.20. The SMILES string of the molecule is C=C(C)c1ccc(C#CCCN)cc1. The molecule has 0 atom stereocenters. The monoisotopic (exact) mass is 185 g/mol. The molecule has 0 aliphatic heterocycles. The molecule has 0 unspecified atom stereocenters. The van der Waals surface area contributed by atoms with E-state index in [2.05, 4.69) is 18.4 Å². The summed E-state index contributed by atoms with van der Waals surface area (Å²) in [6.07, 6.45) is 0.752. The summed E-state index contributed by atoms with van der Waals surface area (Å²) in [6, 6.07) is 8.09. The average Bonchev–Trinajstić information content (AvgIpc) is 2.19. The smallest absolute Gasteiger partial charge is 0.0245 e. The van der Waals surface area contributed by atoms with Crippen molar-refractivity contribution in [3.05, 3.63) is 42.0 Å². The molecule has 0 fully saturated rings. The average molecular weight is 185 g/mol. The molecule has 0 saturated carbocycles. The highest BCUT2D eigenvalue weighted by molar-refractivity contribution is 5.61. The molecule has 0 spiro atoms. The minimum Gasteiger partial charge on any atom is -0.330 e. The lowest BCUT2D eigenvalue weighted by Gasteiger charge is -1.98. The lowest BCUT2D eigenvalue weighted by molar-refractivity contribution is 1.03. The summed E-state index contributed by atoms with van der Waals surface area (Å²) in [4.78, 5) is 0. The summed E-state index contributed by atoms with van der Waals surface area (Å²) in [6.45, 7) is 6.49. The Balaban J connectivity index is 2.75. The van der Waals surface area contributed by atoms with E-state index in [0.717, 1.165) is 23.1 Å². The van der Waals surface area contributed by atoms with Crippen LogP contribution in [0.1, 0.15) is 24.5 Å². The van der Waals surface area contributed by atoms with Crippen molar-refractivity contribution in [3.63, 3.8) is 0 Å². The predicted octanol–water partition coefficient (Wildman–Crippen LogP) is 2.42. The Bertz CT molecular complexity index is 362. The van der Waals surface area contributed by atoms with Crippen molar-refractivity contribution in [3.8, 4) is 11.8 Å². The predicted molar refractivity (Wildman–Crippen MR) is 61.7 cm³/mol. The van der Waals surface area contributed by atoms with Gasteiger partial charge in [0.1, 0.15) is 0 Å². The highest BCUT2D eigenvalue weighted by Gasteiger charge is 1.91. The van der Waals surface area contributed by atoms with Crippen LogP contribution in [0.3, 0.4) is 0 Å². The van der Waals surface area contributed by atoms with Gasteiger partial charge < -0.3 is 5.73 Å². The molecular formula is C13H15N. The Morgan fingerprint density at radius 1 is 1.36 bits per heavy atom. The number of hydrogen-bond donors (Lipinski definition) is 1. The third kappa shape index (κ3) is 3.08. The zero-order chi connectivity index (χ0) is 10.4. The fraction of sp³-hybridized carbons (Fsp3) is 0.231. The molecule has 1 nitrogen and oxygen atoms in total. The van der Waals surface area contributed by atoms with Crippen molar-refractivity contribution in [1.82, 2.24) is 0 Å². The minimum absolute atomic E-state index is 0.622. The fourth-order valence-corrected chi connectivity index (χ4v) is 1.07. The molecule has 0 saturated heterocycles. The highest BCUT2D eigenvalue weighted by atomic mass is 14.5. The van der Waals surface area contributed by atoms with Crippen LogP contribution in [0, 0.1) is 11.8 Å². The van der Waals surface area contributed by atoms with E-state index in [9.17, 15) is 0 Å².